The van der Waals surface area contributed by atoms with Crippen LogP contribution in [0, 0.1) is 0 Å². The Bertz CT molecular complexity index is 492. The van der Waals surface area contributed by atoms with Gasteiger partial charge in [0.2, 0.25) is 0 Å². The van der Waals surface area contributed by atoms with Gasteiger partial charge >= 0.3 is 0 Å². The van der Waals surface area contributed by atoms with Crippen molar-refractivity contribution in [2.75, 3.05) is 13.2 Å². The summed E-state index contributed by atoms with van der Waals surface area (Å²) in [6.07, 6.45) is 0. The molecule has 0 heterocycles. The molecule has 6 nitrogen and oxygen atoms in total. The van der Waals surface area contributed by atoms with Crippen LogP contribution in [-0.4, -0.2) is 23.6 Å². The molecule has 0 aliphatic heterocycles. The van der Waals surface area contributed by atoms with Crippen molar-refractivity contribution in [1.29, 1.82) is 0 Å². The Morgan fingerprint density at radius 2 is 1.00 bits per heavy atom. The topological polar surface area (TPSA) is 83.0 Å². The fourth-order valence-electron chi connectivity index (χ4n) is 1.91. The van der Waals surface area contributed by atoms with Gasteiger partial charge in [0.05, 0.1) is 0 Å². The van der Waals surface area contributed by atoms with E-state index in [0.717, 1.165) is 22.6 Å². The predicted octanol–water partition coefficient (Wildman–Crippen LogP) is 2.10. The van der Waals surface area contributed by atoms with E-state index in [1.807, 2.05) is 48.5 Å². The second kappa shape index (κ2) is 9.01. The Morgan fingerprint density at radius 3 is 1.32 bits per heavy atom. The molecule has 2 aromatic carbocycles. The molecule has 0 unspecified atom stereocenters. The summed E-state index contributed by atoms with van der Waals surface area (Å²) in [6, 6.07) is 14.9. The molecule has 2 rings (SSSR count). The van der Waals surface area contributed by atoms with Gasteiger partial charge in [-0.1, -0.05) is 24.3 Å². The zero-order valence-electron chi connectivity index (χ0n) is 12.2. The zero-order chi connectivity index (χ0) is 15.6. The summed E-state index contributed by atoms with van der Waals surface area (Å²) in [6.45, 7) is 1.70. The lowest BCUT2D eigenvalue weighted by Crippen LogP contribution is -2.10. The molecule has 0 atom stereocenters. The van der Waals surface area contributed by atoms with Gasteiger partial charge in [0.1, 0.15) is 24.7 Å². The van der Waals surface area contributed by atoms with Crippen LogP contribution in [0.3, 0.4) is 0 Å². The maximum Gasteiger partial charge on any atom is 0.122 e. The highest BCUT2D eigenvalue weighted by molar-refractivity contribution is 5.28. The summed E-state index contributed by atoms with van der Waals surface area (Å²) in [5, 5.41) is 17.2. The maximum absolute atomic E-state index is 8.60. The SMILES string of the molecule is ONCc1ccc(OCCOc2ccc(CNO)cc2)cc1. The van der Waals surface area contributed by atoms with Gasteiger partial charge < -0.3 is 19.9 Å². The van der Waals surface area contributed by atoms with Gasteiger partial charge in [0.25, 0.3) is 0 Å². The minimum absolute atomic E-state index is 0.408. The molecule has 0 bridgehead atoms. The first-order valence-electron chi connectivity index (χ1n) is 6.99. The first-order valence-corrected chi connectivity index (χ1v) is 6.99. The number of nitrogens with one attached hydrogen (secondary N) is 2. The van der Waals surface area contributed by atoms with Gasteiger partial charge in [0.15, 0.2) is 0 Å². The molecule has 0 saturated heterocycles. The molecule has 0 spiro atoms. The maximum atomic E-state index is 8.60. The van der Waals surface area contributed by atoms with Crippen molar-refractivity contribution in [1.82, 2.24) is 11.0 Å². The van der Waals surface area contributed by atoms with E-state index in [2.05, 4.69) is 11.0 Å². The van der Waals surface area contributed by atoms with E-state index in [0.29, 0.717) is 26.3 Å². The Morgan fingerprint density at radius 1 is 0.636 bits per heavy atom. The third kappa shape index (κ3) is 5.34. The quantitative estimate of drug-likeness (QED) is 0.419. The van der Waals surface area contributed by atoms with Crippen molar-refractivity contribution < 1.29 is 19.9 Å². The predicted molar refractivity (Wildman–Crippen MR) is 81.1 cm³/mol. The third-order valence-corrected chi connectivity index (χ3v) is 3.03. The van der Waals surface area contributed by atoms with Crippen LogP contribution in [-0.2, 0) is 13.1 Å². The summed E-state index contributed by atoms with van der Waals surface area (Å²) < 4.78 is 11.1. The fourth-order valence-corrected chi connectivity index (χ4v) is 1.91. The van der Waals surface area contributed by atoms with Gasteiger partial charge in [-0.15, -0.1) is 0 Å². The lowest BCUT2D eigenvalue weighted by atomic mass is 10.2. The first-order chi connectivity index (χ1) is 10.8. The van der Waals surface area contributed by atoms with Crippen molar-refractivity contribution in [3.8, 4) is 11.5 Å². The van der Waals surface area contributed by atoms with Crippen LogP contribution in [0.5, 0.6) is 11.5 Å². The number of ether oxygens (including phenoxy) is 2. The Balaban J connectivity index is 1.70. The average Bonchev–Trinajstić information content (AvgIpc) is 2.55. The zero-order valence-corrected chi connectivity index (χ0v) is 12.2. The molecule has 0 fully saturated rings. The van der Waals surface area contributed by atoms with Crippen LogP contribution in [0.2, 0.25) is 0 Å². The average molecular weight is 304 g/mol. The molecule has 0 aliphatic carbocycles. The van der Waals surface area contributed by atoms with E-state index >= 15 is 0 Å². The molecule has 0 aromatic heterocycles. The van der Waals surface area contributed by atoms with Crippen molar-refractivity contribution in [2.45, 2.75) is 13.1 Å². The Labute approximate surface area is 129 Å². The van der Waals surface area contributed by atoms with Gasteiger partial charge in [-0.25, -0.2) is 11.0 Å². The highest BCUT2D eigenvalue weighted by Crippen LogP contribution is 2.14. The molecule has 4 N–H and O–H groups in total. The van der Waals surface area contributed by atoms with Crippen molar-refractivity contribution in [3.05, 3.63) is 59.7 Å². The lowest BCUT2D eigenvalue weighted by Gasteiger charge is -2.09. The number of rotatable bonds is 9. The number of benzene rings is 2. The fraction of sp³-hybridized carbons (Fsp3) is 0.250. The summed E-state index contributed by atoms with van der Waals surface area (Å²) in [5.41, 5.74) is 6.17. The summed E-state index contributed by atoms with van der Waals surface area (Å²) >= 11 is 0. The molecule has 2 aromatic rings. The molecule has 0 amide bonds. The minimum Gasteiger partial charge on any atom is -0.490 e. The first kappa shape index (κ1) is 16.3. The molecule has 6 heteroatoms. The molecular weight excluding hydrogens is 284 g/mol. The van der Waals surface area contributed by atoms with Crippen LogP contribution in [0.15, 0.2) is 48.5 Å². The van der Waals surface area contributed by atoms with E-state index in [9.17, 15) is 0 Å². The molecular formula is C16H20N2O4. The molecule has 118 valence electrons. The van der Waals surface area contributed by atoms with Crippen LogP contribution in [0.4, 0.5) is 0 Å². The van der Waals surface area contributed by atoms with Crippen LogP contribution in [0.25, 0.3) is 0 Å². The molecule has 0 aliphatic rings. The van der Waals surface area contributed by atoms with Crippen molar-refractivity contribution >= 4 is 0 Å². The lowest BCUT2D eigenvalue weighted by molar-refractivity contribution is 0.161. The number of hydrogen-bond acceptors (Lipinski definition) is 6. The van der Waals surface area contributed by atoms with Crippen LogP contribution in [0.1, 0.15) is 11.1 Å². The second-order valence-electron chi connectivity index (χ2n) is 4.65. The second-order valence-corrected chi connectivity index (χ2v) is 4.65. The third-order valence-electron chi connectivity index (χ3n) is 3.03. The summed E-state index contributed by atoms with van der Waals surface area (Å²) in [4.78, 5) is 0. The van der Waals surface area contributed by atoms with Crippen molar-refractivity contribution in [3.63, 3.8) is 0 Å². The summed E-state index contributed by atoms with van der Waals surface area (Å²) in [7, 11) is 0. The normalized spacial score (nSPS) is 10.5. The van der Waals surface area contributed by atoms with Crippen LogP contribution >= 0.6 is 0 Å². The molecule has 0 radical (unpaired) electrons. The monoisotopic (exact) mass is 304 g/mol. The smallest absolute Gasteiger partial charge is 0.122 e. The molecule has 0 saturated carbocycles. The minimum atomic E-state index is 0.408. The van der Waals surface area contributed by atoms with E-state index in [-0.39, 0.29) is 0 Å². The number of hydroxylamine groups is 2. The van der Waals surface area contributed by atoms with Gasteiger partial charge in [-0.2, -0.15) is 0 Å². The van der Waals surface area contributed by atoms with Crippen LogP contribution < -0.4 is 20.4 Å². The van der Waals surface area contributed by atoms with E-state index in [1.54, 1.807) is 0 Å². The Kier molecular flexibility index (Phi) is 6.66. The van der Waals surface area contributed by atoms with E-state index in [4.69, 9.17) is 19.9 Å². The standard InChI is InChI=1S/C16H20N2O4/c19-17-11-13-1-5-15(6-2-13)21-9-10-22-16-7-3-14(4-8-16)12-18-20/h1-8,17-20H,9-12H2. The van der Waals surface area contributed by atoms with Gasteiger partial charge in [0, 0.05) is 13.1 Å². The Hall–Kier alpha value is -2.12. The number of hydrogen-bond donors (Lipinski definition) is 4. The highest BCUT2D eigenvalue weighted by Gasteiger charge is 1.98. The van der Waals surface area contributed by atoms with E-state index in [1.165, 1.54) is 0 Å². The highest BCUT2D eigenvalue weighted by atomic mass is 16.5. The summed E-state index contributed by atoms with van der Waals surface area (Å²) in [5.74, 6) is 1.52. The molecule has 22 heavy (non-hydrogen) atoms. The van der Waals surface area contributed by atoms with E-state index < -0.39 is 0 Å². The van der Waals surface area contributed by atoms with Gasteiger partial charge in [-0.05, 0) is 35.4 Å². The van der Waals surface area contributed by atoms with Crippen molar-refractivity contribution in [2.24, 2.45) is 0 Å². The largest absolute Gasteiger partial charge is 0.490 e. The van der Waals surface area contributed by atoms with Gasteiger partial charge in [-0.3, -0.25) is 0 Å².